The fourth-order valence-corrected chi connectivity index (χ4v) is 10.8. The summed E-state index contributed by atoms with van der Waals surface area (Å²) < 4.78 is 39.6. The lowest BCUT2D eigenvalue weighted by Crippen LogP contribution is -2.82. The highest BCUT2D eigenvalue weighted by atomic mass is 35.6. The number of hydrogen-bond donors (Lipinski definition) is 3. The van der Waals surface area contributed by atoms with Crippen LogP contribution in [0.15, 0.2) is 102 Å². The van der Waals surface area contributed by atoms with E-state index in [-0.39, 0.29) is 28.7 Å². The third kappa shape index (κ3) is 9.76. The molecule has 0 radical (unpaired) electrons. The number of rotatable bonds is 12. The molecule has 70 heavy (non-hydrogen) atoms. The molecule has 374 valence electrons. The first-order valence-corrected chi connectivity index (χ1v) is 23.4. The molecule has 2 saturated carbocycles. The van der Waals surface area contributed by atoms with Crippen LogP contribution in [0.2, 0.25) is 0 Å². The fourth-order valence-electron chi connectivity index (χ4n) is 10.6. The van der Waals surface area contributed by atoms with Crippen molar-refractivity contribution in [2.45, 2.75) is 112 Å². The van der Waals surface area contributed by atoms with Crippen molar-refractivity contribution in [1.29, 1.82) is 0 Å². The van der Waals surface area contributed by atoms with Gasteiger partial charge in [-0.05, 0) is 54.8 Å². The Morgan fingerprint density at radius 3 is 1.96 bits per heavy atom. The molecular weight excluding hydrogens is 977 g/mol. The van der Waals surface area contributed by atoms with E-state index in [0.29, 0.717) is 5.56 Å². The van der Waals surface area contributed by atoms with Crippen LogP contribution in [0.5, 0.6) is 0 Å². The Balaban J connectivity index is 1.42. The van der Waals surface area contributed by atoms with E-state index in [4.69, 9.17) is 68.0 Å². The molecule has 3 aliphatic carbocycles. The second kappa shape index (κ2) is 19.9. The van der Waals surface area contributed by atoms with E-state index >= 15 is 4.79 Å². The van der Waals surface area contributed by atoms with Crippen LogP contribution >= 0.6 is 34.8 Å². The zero-order chi connectivity index (χ0) is 51.1. The van der Waals surface area contributed by atoms with E-state index in [2.05, 4.69) is 5.32 Å². The molecule has 1 aliphatic heterocycles. The second-order valence-electron chi connectivity index (χ2n) is 18.6. The molecular formula is C50H52Cl3NO16. The van der Waals surface area contributed by atoms with Crippen molar-refractivity contribution in [2.24, 2.45) is 16.7 Å². The van der Waals surface area contributed by atoms with E-state index < -0.39 is 136 Å². The summed E-state index contributed by atoms with van der Waals surface area (Å²) in [6, 6.07) is 22.5. The maximum atomic E-state index is 16.0. The monoisotopic (exact) mass is 1030 g/mol. The third-order valence-electron chi connectivity index (χ3n) is 14.0. The highest BCUT2D eigenvalue weighted by molar-refractivity contribution is 6.67. The largest absolute Gasteiger partial charge is 0.508 e. The number of carbonyl (C=O) groups is 7. The zero-order valence-electron chi connectivity index (χ0n) is 38.9. The summed E-state index contributed by atoms with van der Waals surface area (Å²) in [4.78, 5) is 98.6. The maximum absolute atomic E-state index is 16.0. The van der Waals surface area contributed by atoms with Gasteiger partial charge in [0.25, 0.3) is 5.91 Å². The summed E-state index contributed by atoms with van der Waals surface area (Å²) in [5.74, 6) is -7.48. The number of amides is 1. The van der Waals surface area contributed by atoms with Crippen LogP contribution in [-0.2, 0) is 52.3 Å². The zero-order valence-corrected chi connectivity index (χ0v) is 41.1. The lowest BCUT2D eigenvalue weighted by atomic mass is 9.44. The van der Waals surface area contributed by atoms with Crippen LogP contribution < -0.4 is 5.32 Å². The summed E-state index contributed by atoms with van der Waals surface area (Å²) in [5, 5.41) is 28.5. The Labute approximate surface area is 417 Å². The number of halogens is 3. The highest BCUT2D eigenvalue weighted by Gasteiger charge is 2.79. The number of ketones is 1. The summed E-state index contributed by atoms with van der Waals surface area (Å²) >= 11 is 17.6. The SMILES string of the molecule is CC(=O)OC1C(=O)C2(C)C(OC(=O)OCC(Cl)(Cl)Cl)CC3OCC3(OC(C)=O)C2C(OC(=O)c2ccccc2)C2(O)CC(OC(=O)C(O)C(NC(=O)c3ccccc3)c3ccccc3)C(C)=C1C2(C)C. The minimum atomic E-state index is -2.53. The molecule has 3 aromatic carbocycles. The molecule has 3 aromatic rings. The van der Waals surface area contributed by atoms with Crippen molar-refractivity contribution in [1.82, 2.24) is 5.32 Å². The van der Waals surface area contributed by atoms with Crippen LogP contribution in [0, 0.1) is 16.7 Å². The van der Waals surface area contributed by atoms with Gasteiger partial charge in [0, 0.05) is 37.7 Å². The number of nitrogens with one attached hydrogen (secondary N) is 1. The minimum absolute atomic E-state index is 0.00279. The highest BCUT2D eigenvalue weighted by Crippen LogP contribution is 2.65. The molecule has 11 unspecified atom stereocenters. The molecule has 17 nitrogen and oxygen atoms in total. The number of ether oxygens (including phenoxy) is 7. The molecule has 20 heteroatoms. The topological polar surface area (TPSA) is 237 Å². The minimum Gasteiger partial charge on any atom is -0.456 e. The number of hydrogen-bond acceptors (Lipinski definition) is 16. The van der Waals surface area contributed by atoms with Crippen molar-refractivity contribution in [3.8, 4) is 0 Å². The number of aliphatic hydroxyl groups is 2. The van der Waals surface area contributed by atoms with E-state index in [0.717, 1.165) is 13.8 Å². The summed E-state index contributed by atoms with van der Waals surface area (Å²) in [6.07, 6.45) is -12.9. The van der Waals surface area contributed by atoms with Crippen molar-refractivity contribution in [3.63, 3.8) is 0 Å². The van der Waals surface area contributed by atoms with Gasteiger partial charge in [-0.2, -0.15) is 0 Å². The van der Waals surface area contributed by atoms with Gasteiger partial charge in [-0.25, -0.2) is 14.4 Å². The van der Waals surface area contributed by atoms with Crippen LogP contribution in [0.1, 0.15) is 86.7 Å². The van der Waals surface area contributed by atoms with Crippen LogP contribution in [-0.4, -0.2) is 117 Å². The van der Waals surface area contributed by atoms with Gasteiger partial charge >= 0.3 is 30.0 Å². The lowest BCUT2D eigenvalue weighted by molar-refractivity contribution is -0.346. The predicted octanol–water partition coefficient (Wildman–Crippen LogP) is 6.27. The van der Waals surface area contributed by atoms with Crippen molar-refractivity contribution < 1.29 is 76.9 Å². The third-order valence-corrected chi connectivity index (χ3v) is 14.4. The molecule has 0 aromatic heterocycles. The first-order valence-electron chi connectivity index (χ1n) is 22.3. The van der Waals surface area contributed by atoms with Gasteiger partial charge in [-0.15, -0.1) is 0 Å². The molecule has 1 amide bonds. The number of alkyl halides is 3. The maximum Gasteiger partial charge on any atom is 0.508 e. The normalized spacial score (nSPS) is 29.7. The molecule has 2 bridgehead atoms. The summed E-state index contributed by atoms with van der Waals surface area (Å²) in [6.45, 7) is 6.75. The molecule has 3 fully saturated rings. The standard InChI is InChI=1S/C50H52Cl3NO16/c1-26-32(67-44(61)37(57)36(29-16-10-7-11-17-29)54-42(59)30-18-12-8-13-19-30)23-49(63)41(69-43(60)31-20-14-9-15-21-31)39-47(6,40(58)38(66-27(2)55)35(26)46(49,4)5)33(68-45(62)65-25-50(51,52)53)22-34-48(39,24-64-34)70-28(3)56/h7-21,32-34,36-39,41,57,63H,22-25H2,1-6H3,(H,54,59). The average Bonchev–Trinajstić information content (AvgIpc) is 3.30. The fraction of sp³-hybridized carbons (Fsp3) is 0.460. The predicted molar refractivity (Wildman–Crippen MR) is 248 cm³/mol. The number of carbonyl (C=O) groups excluding carboxylic acids is 7. The van der Waals surface area contributed by atoms with Crippen molar-refractivity contribution in [2.75, 3.05) is 13.2 Å². The van der Waals surface area contributed by atoms with E-state index in [1.54, 1.807) is 78.9 Å². The molecule has 7 rings (SSSR count). The Hall–Kier alpha value is -5.56. The number of aliphatic hydroxyl groups excluding tert-OH is 1. The van der Waals surface area contributed by atoms with Crippen LogP contribution in [0.25, 0.3) is 0 Å². The molecule has 11 atom stereocenters. The summed E-state index contributed by atoms with van der Waals surface area (Å²) in [5.41, 5.74) is -7.97. The van der Waals surface area contributed by atoms with Gasteiger partial charge in [0.05, 0.1) is 29.5 Å². The number of benzene rings is 3. The number of fused-ring (bicyclic) bond motifs is 5. The van der Waals surface area contributed by atoms with Gasteiger partial charge in [0.1, 0.15) is 36.6 Å². The quantitative estimate of drug-likeness (QED) is 0.0785. The van der Waals surface area contributed by atoms with Gasteiger partial charge < -0.3 is 48.7 Å². The van der Waals surface area contributed by atoms with Crippen molar-refractivity contribution in [3.05, 3.63) is 119 Å². The molecule has 0 spiro atoms. The Bertz CT molecular complexity index is 2560. The van der Waals surface area contributed by atoms with Gasteiger partial charge in [0.2, 0.25) is 3.79 Å². The number of esters is 4. The first kappa shape index (κ1) is 52.3. The second-order valence-corrected chi connectivity index (χ2v) is 21.1. The lowest BCUT2D eigenvalue weighted by Gasteiger charge is -2.67. The van der Waals surface area contributed by atoms with Crippen molar-refractivity contribution >= 4 is 76.5 Å². The van der Waals surface area contributed by atoms with Gasteiger partial charge in [-0.3, -0.25) is 19.2 Å². The van der Waals surface area contributed by atoms with E-state index in [1.807, 2.05) is 0 Å². The van der Waals surface area contributed by atoms with E-state index in [1.165, 1.54) is 39.8 Å². The number of Topliss-reactive ketones (excluding diaryl/α,β-unsaturated/α-hetero) is 1. The van der Waals surface area contributed by atoms with E-state index in [9.17, 15) is 39.0 Å². The molecule has 3 N–H and O–H groups in total. The Morgan fingerprint density at radius 1 is 0.829 bits per heavy atom. The molecule has 1 heterocycles. The smallest absolute Gasteiger partial charge is 0.456 e. The van der Waals surface area contributed by atoms with Crippen LogP contribution in [0.3, 0.4) is 0 Å². The van der Waals surface area contributed by atoms with Crippen LogP contribution in [0.4, 0.5) is 4.79 Å². The van der Waals surface area contributed by atoms with Gasteiger partial charge in [0.15, 0.2) is 23.6 Å². The first-order chi connectivity index (χ1) is 32.9. The summed E-state index contributed by atoms with van der Waals surface area (Å²) in [7, 11) is 0. The molecule has 4 aliphatic rings. The Morgan fingerprint density at radius 2 is 1.41 bits per heavy atom. The average molecular weight is 1030 g/mol. The Kier molecular flexibility index (Phi) is 14.9. The molecule has 1 saturated heterocycles. The van der Waals surface area contributed by atoms with Gasteiger partial charge in [-0.1, -0.05) is 115 Å².